The maximum Gasteiger partial charge on any atom is 0.00485 e. The van der Waals surface area contributed by atoms with Crippen LogP contribution in [0.2, 0.25) is 0 Å². The number of hydrogen-bond donors (Lipinski definition) is 1. The van der Waals surface area contributed by atoms with E-state index in [9.17, 15) is 0 Å². The summed E-state index contributed by atoms with van der Waals surface area (Å²) in [6.45, 7) is 6.73. The molecule has 1 aromatic heterocycles. The molecule has 20 heavy (non-hydrogen) atoms. The van der Waals surface area contributed by atoms with Crippen molar-refractivity contribution < 1.29 is 0 Å². The third kappa shape index (κ3) is 5.48. The van der Waals surface area contributed by atoms with E-state index < -0.39 is 0 Å². The summed E-state index contributed by atoms with van der Waals surface area (Å²) in [6.07, 6.45) is 2.33. The zero-order valence-electron chi connectivity index (χ0n) is 12.5. The van der Waals surface area contributed by atoms with Gasteiger partial charge in [0.2, 0.25) is 0 Å². The van der Waals surface area contributed by atoms with Crippen molar-refractivity contribution >= 4 is 11.3 Å². The minimum absolute atomic E-state index is 0.676. The van der Waals surface area contributed by atoms with Crippen LogP contribution in [0.25, 0.3) is 0 Å². The van der Waals surface area contributed by atoms with Gasteiger partial charge in [0.1, 0.15) is 0 Å². The molecule has 1 unspecified atom stereocenters. The van der Waals surface area contributed by atoms with Gasteiger partial charge in [-0.15, -0.1) is 11.3 Å². The molecule has 0 fully saturated rings. The van der Waals surface area contributed by atoms with E-state index in [1.165, 1.54) is 16.9 Å². The molecule has 0 saturated carbocycles. The molecule has 0 aliphatic heterocycles. The molecule has 2 rings (SSSR count). The highest BCUT2D eigenvalue weighted by Crippen LogP contribution is 2.18. The number of thiophene rings is 1. The lowest BCUT2D eigenvalue weighted by molar-refractivity contribution is 0.447. The second kappa shape index (κ2) is 8.23. The molecule has 108 valence electrons. The Bertz CT molecular complexity index is 461. The first-order valence-electron chi connectivity index (χ1n) is 7.51. The summed E-state index contributed by atoms with van der Waals surface area (Å²) in [5.41, 5.74) is 1.44. The molecule has 1 aromatic carbocycles. The summed E-state index contributed by atoms with van der Waals surface area (Å²) in [4.78, 5) is 1.50. The molecule has 0 bridgehead atoms. The minimum Gasteiger partial charge on any atom is -0.316 e. The number of nitrogens with one attached hydrogen (secondary N) is 1. The summed E-state index contributed by atoms with van der Waals surface area (Å²) in [7, 11) is 0. The fourth-order valence-electron chi connectivity index (χ4n) is 2.45. The SMILES string of the molecule is CC(C)CNCC(Cc1ccccc1)Cc1cccs1. The maximum atomic E-state index is 3.62. The van der Waals surface area contributed by atoms with Gasteiger partial charge in [-0.05, 0) is 54.8 Å². The van der Waals surface area contributed by atoms with E-state index in [1.807, 2.05) is 11.3 Å². The van der Waals surface area contributed by atoms with Crippen molar-refractivity contribution in [3.63, 3.8) is 0 Å². The van der Waals surface area contributed by atoms with Crippen LogP contribution in [-0.2, 0) is 12.8 Å². The average Bonchev–Trinajstić information content (AvgIpc) is 2.92. The van der Waals surface area contributed by atoms with E-state index >= 15 is 0 Å². The fourth-order valence-corrected chi connectivity index (χ4v) is 3.27. The lowest BCUT2D eigenvalue weighted by atomic mass is 9.95. The first-order chi connectivity index (χ1) is 9.74. The summed E-state index contributed by atoms with van der Waals surface area (Å²) >= 11 is 1.87. The van der Waals surface area contributed by atoms with Gasteiger partial charge in [-0.3, -0.25) is 0 Å². The normalized spacial score (nSPS) is 12.8. The van der Waals surface area contributed by atoms with Gasteiger partial charge in [-0.2, -0.15) is 0 Å². The average molecular weight is 287 g/mol. The number of hydrogen-bond acceptors (Lipinski definition) is 2. The highest BCUT2D eigenvalue weighted by molar-refractivity contribution is 7.09. The summed E-state index contributed by atoms with van der Waals surface area (Å²) < 4.78 is 0. The molecule has 0 amide bonds. The lowest BCUT2D eigenvalue weighted by Crippen LogP contribution is -2.28. The second-order valence-electron chi connectivity index (χ2n) is 5.89. The molecule has 0 saturated heterocycles. The molecule has 1 nitrogen and oxygen atoms in total. The standard InChI is InChI=1S/C18H25NS/c1-15(2)13-19-14-17(12-18-9-6-10-20-18)11-16-7-4-3-5-8-16/h3-10,15,17,19H,11-14H2,1-2H3. The predicted octanol–water partition coefficient (Wildman–Crippen LogP) is 4.40. The third-order valence-electron chi connectivity index (χ3n) is 3.42. The molecule has 2 heteroatoms. The highest BCUT2D eigenvalue weighted by atomic mass is 32.1. The Morgan fingerprint density at radius 3 is 2.40 bits per heavy atom. The Kier molecular flexibility index (Phi) is 6.28. The Balaban J connectivity index is 1.92. The van der Waals surface area contributed by atoms with Gasteiger partial charge in [-0.25, -0.2) is 0 Å². The van der Waals surface area contributed by atoms with Crippen LogP contribution in [0.1, 0.15) is 24.3 Å². The molecule has 0 radical (unpaired) electrons. The highest BCUT2D eigenvalue weighted by Gasteiger charge is 2.11. The van der Waals surface area contributed by atoms with Crippen molar-refractivity contribution in [1.82, 2.24) is 5.32 Å². The van der Waals surface area contributed by atoms with Gasteiger partial charge < -0.3 is 5.32 Å². The van der Waals surface area contributed by atoms with Crippen molar-refractivity contribution in [1.29, 1.82) is 0 Å². The zero-order chi connectivity index (χ0) is 14.2. The first kappa shape index (κ1) is 15.3. The minimum atomic E-state index is 0.676. The fraction of sp³-hybridized carbons (Fsp3) is 0.444. The Hall–Kier alpha value is -1.12. The van der Waals surface area contributed by atoms with Crippen molar-refractivity contribution in [3.8, 4) is 0 Å². The predicted molar refractivity (Wildman–Crippen MR) is 89.4 cm³/mol. The molecule has 1 N–H and O–H groups in total. The van der Waals surface area contributed by atoms with Crippen LogP contribution in [0.15, 0.2) is 47.8 Å². The largest absolute Gasteiger partial charge is 0.316 e. The zero-order valence-corrected chi connectivity index (χ0v) is 13.3. The van der Waals surface area contributed by atoms with Gasteiger partial charge in [0, 0.05) is 4.88 Å². The summed E-state index contributed by atoms with van der Waals surface area (Å²) in [5, 5.41) is 5.80. The summed E-state index contributed by atoms with van der Waals surface area (Å²) in [6, 6.07) is 15.3. The second-order valence-corrected chi connectivity index (χ2v) is 6.92. The van der Waals surface area contributed by atoms with Crippen molar-refractivity contribution in [3.05, 3.63) is 58.3 Å². The summed E-state index contributed by atoms with van der Waals surface area (Å²) in [5.74, 6) is 1.39. The number of rotatable bonds is 8. The van der Waals surface area contributed by atoms with E-state index in [-0.39, 0.29) is 0 Å². The van der Waals surface area contributed by atoms with Gasteiger partial charge in [-0.1, -0.05) is 50.2 Å². The van der Waals surface area contributed by atoms with E-state index in [0.717, 1.165) is 19.5 Å². The molecular formula is C18H25NS. The Morgan fingerprint density at radius 1 is 0.950 bits per heavy atom. The van der Waals surface area contributed by atoms with Crippen LogP contribution < -0.4 is 5.32 Å². The first-order valence-corrected chi connectivity index (χ1v) is 8.39. The molecule has 0 aliphatic rings. The van der Waals surface area contributed by atoms with Gasteiger partial charge in [0.15, 0.2) is 0 Å². The Labute approximate surface area is 127 Å². The molecular weight excluding hydrogens is 262 g/mol. The van der Waals surface area contributed by atoms with E-state index in [4.69, 9.17) is 0 Å². The maximum absolute atomic E-state index is 3.62. The molecule has 0 aliphatic carbocycles. The van der Waals surface area contributed by atoms with Crippen LogP contribution in [0.4, 0.5) is 0 Å². The Morgan fingerprint density at radius 2 is 1.75 bits per heavy atom. The lowest BCUT2D eigenvalue weighted by Gasteiger charge is -2.18. The van der Waals surface area contributed by atoms with Crippen LogP contribution >= 0.6 is 11.3 Å². The molecule has 1 heterocycles. The molecule has 1 atom stereocenters. The van der Waals surface area contributed by atoms with E-state index in [2.05, 4.69) is 67.0 Å². The van der Waals surface area contributed by atoms with Crippen LogP contribution in [0.5, 0.6) is 0 Å². The topological polar surface area (TPSA) is 12.0 Å². The van der Waals surface area contributed by atoms with Gasteiger partial charge in [0.25, 0.3) is 0 Å². The van der Waals surface area contributed by atoms with Gasteiger partial charge in [0.05, 0.1) is 0 Å². The quantitative estimate of drug-likeness (QED) is 0.759. The third-order valence-corrected chi connectivity index (χ3v) is 4.32. The monoisotopic (exact) mass is 287 g/mol. The van der Waals surface area contributed by atoms with Crippen molar-refractivity contribution in [2.45, 2.75) is 26.7 Å². The number of benzene rings is 1. The van der Waals surface area contributed by atoms with Crippen molar-refractivity contribution in [2.24, 2.45) is 11.8 Å². The van der Waals surface area contributed by atoms with E-state index in [0.29, 0.717) is 11.8 Å². The van der Waals surface area contributed by atoms with E-state index in [1.54, 1.807) is 0 Å². The molecule has 0 spiro atoms. The smallest absolute Gasteiger partial charge is 0.00485 e. The van der Waals surface area contributed by atoms with Crippen LogP contribution in [-0.4, -0.2) is 13.1 Å². The van der Waals surface area contributed by atoms with Gasteiger partial charge >= 0.3 is 0 Å². The van der Waals surface area contributed by atoms with Crippen LogP contribution in [0.3, 0.4) is 0 Å². The van der Waals surface area contributed by atoms with Crippen molar-refractivity contribution in [2.75, 3.05) is 13.1 Å². The van der Waals surface area contributed by atoms with Crippen LogP contribution in [0, 0.1) is 11.8 Å². The molecule has 2 aromatic rings.